The Kier molecular flexibility index (Phi) is 5.98. The second-order valence-corrected chi connectivity index (χ2v) is 8.98. The first-order valence-corrected chi connectivity index (χ1v) is 10.9. The van der Waals surface area contributed by atoms with Gasteiger partial charge in [-0.25, -0.2) is 9.18 Å². The van der Waals surface area contributed by atoms with E-state index in [2.05, 4.69) is 32.2 Å². The quantitative estimate of drug-likeness (QED) is 0.440. The Labute approximate surface area is 194 Å². The number of carbonyl (C=O) groups excluding carboxylic acids is 1. The van der Waals surface area contributed by atoms with Gasteiger partial charge in [-0.05, 0) is 69.2 Å². The lowest BCUT2D eigenvalue weighted by Gasteiger charge is -2.33. The summed E-state index contributed by atoms with van der Waals surface area (Å²) in [5.74, 6) is -0.345. The fourth-order valence-corrected chi connectivity index (χ4v) is 4.40. The number of halogens is 1. The SMILES string of the molecule is COc1cc(F)ccc1-c1ccc2c(c1COC(=O)c1ccc(C)cc1)C(C)=CC(C)(C)N2. The molecule has 0 amide bonds. The van der Waals surface area contributed by atoms with Gasteiger partial charge in [-0.2, -0.15) is 0 Å². The molecule has 1 N–H and O–H groups in total. The maximum absolute atomic E-state index is 13.9. The third-order valence-electron chi connectivity index (χ3n) is 5.83. The molecule has 3 aromatic rings. The first-order chi connectivity index (χ1) is 15.7. The van der Waals surface area contributed by atoms with Gasteiger partial charge in [0.05, 0.1) is 18.2 Å². The summed E-state index contributed by atoms with van der Waals surface area (Å²) >= 11 is 0. The van der Waals surface area contributed by atoms with Crippen LogP contribution in [0.3, 0.4) is 0 Å². The van der Waals surface area contributed by atoms with Gasteiger partial charge >= 0.3 is 5.97 Å². The Hall–Kier alpha value is -3.60. The van der Waals surface area contributed by atoms with Crippen LogP contribution in [-0.4, -0.2) is 18.6 Å². The maximum atomic E-state index is 13.9. The highest BCUT2D eigenvalue weighted by atomic mass is 19.1. The van der Waals surface area contributed by atoms with Crippen molar-refractivity contribution >= 4 is 17.2 Å². The van der Waals surface area contributed by atoms with E-state index in [1.165, 1.54) is 19.2 Å². The number of benzene rings is 3. The lowest BCUT2D eigenvalue weighted by molar-refractivity contribution is 0.0473. The number of rotatable bonds is 5. The summed E-state index contributed by atoms with van der Waals surface area (Å²) in [6, 6.07) is 15.7. The average molecular weight is 446 g/mol. The maximum Gasteiger partial charge on any atom is 0.338 e. The number of ether oxygens (including phenoxy) is 2. The molecule has 0 radical (unpaired) electrons. The van der Waals surface area contributed by atoms with E-state index in [-0.39, 0.29) is 18.0 Å². The molecule has 0 aliphatic carbocycles. The van der Waals surface area contributed by atoms with Crippen LogP contribution < -0.4 is 10.1 Å². The number of hydrogen-bond acceptors (Lipinski definition) is 4. The van der Waals surface area contributed by atoms with E-state index in [0.717, 1.165) is 39.1 Å². The van der Waals surface area contributed by atoms with Gasteiger partial charge in [0, 0.05) is 28.4 Å². The van der Waals surface area contributed by atoms with Gasteiger partial charge < -0.3 is 14.8 Å². The van der Waals surface area contributed by atoms with Crippen molar-refractivity contribution in [3.8, 4) is 16.9 Å². The Morgan fingerprint density at radius 2 is 1.70 bits per heavy atom. The van der Waals surface area contributed by atoms with Crippen LogP contribution in [0.5, 0.6) is 5.75 Å². The van der Waals surface area contributed by atoms with Crippen LogP contribution >= 0.6 is 0 Å². The highest BCUT2D eigenvalue weighted by Crippen LogP contribution is 2.42. The molecule has 4 rings (SSSR count). The van der Waals surface area contributed by atoms with Crippen LogP contribution in [0, 0.1) is 12.7 Å². The number of allylic oxidation sites excluding steroid dienone is 1. The van der Waals surface area contributed by atoms with Crippen LogP contribution in [-0.2, 0) is 11.3 Å². The number of aryl methyl sites for hydroxylation is 1. The number of nitrogens with one attached hydrogen (secondary N) is 1. The fraction of sp³-hybridized carbons (Fsp3) is 0.250. The second kappa shape index (κ2) is 8.74. The monoisotopic (exact) mass is 445 g/mol. The highest BCUT2D eigenvalue weighted by Gasteiger charge is 2.27. The molecule has 0 aromatic heterocycles. The van der Waals surface area contributed by atoms with E-state index < -0.39 is 5.97 Å². The molecule has 0 saturated carbocycles. The van der Waals surface area contributed by atoms with Gasteiger partial charge in [0.1, 0.15) is 18.2 Å². The van der Waals surface area contributed by atoms with Gasteiger partial charge in [-0.3, -0.25) is 0 Å². The smallest absolute Gasteiger partial charge is 0.338 e. The minimum Gasteiger partial charge on any atom is -0.496 e. The van der Waals surface area contributed by atoms with Crippen LogP contribution in [0.2, 0.25) is 0 Å². The molecule has 170 valence electrons. The standard InChI is InChI=1S/C28H28FNO3/c1-17-6-8-19(9-7-17)27(31)33-16-23-21(22-11-10-20(29)14-25(22)32-5)12-13-24-26(23)18(2)15-28(3,4)30-24/h6-15,30H,16H2,1-5H3. The molecule has 1 heterocycles. The molecule has 0 unspecified atom stereocenters. The normalized spacial score (nSPS) is 14.1. The van der Waals surface area contributed by atoms with Gasteiger partial charge in [0.2, 0.25) is 0 Å². The third-order valence-corrected chi connectivity index (χ3v) is 5.83. The zero-order valence-corrected chi connectivity index (χ0v) is 19.6. The van der Waals surface area contributed by atoms with Gasteiger partial charge in [0.15, 0.2) is 0 Å². The largest absolute Gasteiger partial charge is 0.496 e. The number of methoxy groups -OCH3 is 1. The number of esters is 1. The van der Waals surface area contributed by atoms with E-state index in [1.807, 2.05) is 31.2 Å². The van der Waals surface area contributed by atoms with Crippen molar-refractivity contribution < 1.29 is 18.7 Å². The van der Waals surface area contributed by atoms with Gasteiger partial charge in [-0.1, -0.05) is 29.8 Å². The van der Waals surface area contributed by atoms with Crippen LogP contribution in [0.4, 0.5) is 10.1 Å². The zero-order valence-electron chi connectivity index (χ0n) is 19.6. The summed E-state index contributed by atoms with van der Waals surface area (Å²) in [7, 11) is 1.52. The molecular weight excluding hydrogens is 417 g/mol. The molecular formula is C28H28FNO3. The Balaban J connectivity index is 1.81. The van der Waals surface area contributed by atoms with Crippen molar-refractivity contribution in [2.45, 2.75) is 39.8 Å². The first-order valence-electron chi connectivity index (χ1n) is 10.9. The zero-order chi connectivity index (χ0) is 23.8. The van der Waals surface area contributed by atoms with Crippen molar-refractivity contribution in [3.63, 3.8) is 0 Å². The van der Waals surface area contributed by atoms with Crippen molar-refractivity contribution in [3.05, 3.63) is 88.7 Å². The third kappa shape index (κ3) is 4.63. The molecule has 3 aromatic carbocycles. The lowest BCUT2D eigenvalue weighted by Crippen LogP contribution is -2.32. The summed E-state index contributed by atoms with van der Waals surface area (Å²) in [5.41, 5.74) is 6.80. The second-order valence-electron chi connectivity index (χ2n) is 8.98. The fourth-order valence-electron chi connectivity index (χ4n) is 4.40. The molecule has 1 aliphatic rings. The molecule has 0 bridgehead atoms. The van der Waals surface area contributed by atoms with E-state index >= 15 is 0 Å². The van der Waals surface area contributed by atoms with Crippen LogP contribution in [0.1, 0.15) is 47.8 Å². The number of fused-ring (bicyclic) bond motifs is 1. The van der Waals surface area contributed by atoms with Gasteiger partial charge in [-0.15, -0.1) is 0 Å². The van der Waals surface area contributed by atoms with Gasteiger partial charge in [0.25, 0.3) is 0 Å². The van der Waals surface area contributed by atoms with Crippen molar-refractivity contribution in [1.82, 2.24) is 0 Å². The molecule has 5 heteroatoms. The highest BCUT2D eigenvalue weighted by molar-refractivity contribution is 5.91. The Bertz CT molecular complexity index is 1240. The van der Waals surface area contributed by atoms with Crippen LogP contribution in [0.25, 0.3) is 16.7 Å². The Morgan fingerprint density at radius 3 is 2.39 bits per heavy atom. The topological polar surface area (TPSA) is 47.6 Å². The molecule has 0 spiro atoms. The van der Waals surface area contributed by atoms with E-state index in [9.17, 15) is 9.18 Å². The van der Waals surface area contributed by atoms with E-state index in [0.29, 0.717) is 11.3 Å². The van der Waals surface area contributed by atoms with Crippen LogP contribution in [0.15, 0.2) is 60.7 Å². The predicted molar refractivity (Wildman–Crippen MR) is 130 cm³/mol. The number of carbonyl (C=O) groups is 1. The molecule has 33 heavy (non-hydrogen) atoms. The average Bonchev–Trinajstić information content (AvgIpc) is 2.76. The molecule has 0 fully saturated rings. The summed E-state index contributed by atoms with van der Waals surface area (Å²) in [6.07, 6.45) is 2.16. The number of hydrogen-bond donors (Lipinski definition) is 1. The van der Waals surface area contributed by atoms with Crippen molar-refractivity contribution in [2.24, 2.45) is 0 Å². The molecule has 0 atom stereocenters. The molecule has 0 saturated heterocycles. The first kappa shape index (κ1) is 22.6. The summed E-state index contributed by atoms with van der Waals surface area (Å²) in [4.78, 5) is 12.8. The van der Waals surface area contributed by atoms with E-state index in [1.54, 1.807) is 18.2 Å². The molecule has 1 aliphatic heterocycles. The summed E-state index contributed by atoms with van der Waals surface area (Å²) in [6.45, 7) is 8.30. The Morgan fingerprint density at radius 1 is 1.00 bits per heavy atom. The minimum atomic E-state index is -0.393. The number of anilines is 1. The van der Waals surface area contributed by atoms with E-state index in [4.69, 9.17) is 9.47 Å². The van der Waals surface area contributed by atoms with Crippen molar-refractivity contribution in [2.75, 3.05) is 12.4 Å². The summed E-state index contributed by atoms with van der Waals surface area (Å²) in [5, 5.41) is 3.54. The summed E-state index contributed by atoms with van der Waals surface area (Å²) < 4.78 is 25.1. The lowest BCUT2D eigenvalue weighted by atomic mass is 9.85. The molecule has 4 nitrogen and oxygen atoms in total. The van der Waals surface area contributed by atoms with Crippen molar-refractivity contribution in [1.29, 1.82) is 0 Å². The minimum absolute atomic E-state index is 0.0685. The predicted octanol–water partition coefficient (Wildman–Crippen LogP) is 6.77.